The summed E-state index contributed by atoms with van der Waals surface area (Å²) in [4.78, 5) is 0. The molecule has 12 heavy (non-hydrogen) atoms. The van der Waals surface area contributed by atoms with Gasteiger partial charge in [-0.2, -0.15) is 0 Å². The minimum Gasteiger partial charge on any atom is -0.255 e. The zero-order valence-corrected chi connectivity index (χ0v) is 8.90. The van der Waals surface area contributed by atoms with Gasteiger partial charge in [-0.3, -0.25) is 5.43 Å². The van der Waals surface area contributed by atoms with Crippen LogP contribution < -0.4 is 5.43 Å². The highest BCUT2D eigenvalue weighted by Gasteiger charge is 1.99. The molecule has 0 saturated carbocycles. The molecule has 0 aromatic rings. The van der Waals surface area contributed by atoms with Crippen molar-refractivity contribution in [1.82, 2.24) is 10.4 Å². The lowest BCUT2D eigenvalue weighted by molar-refractivity contribution is 0.186. The molecule has 0 heterocycles. The number of unbranched alkanes of at least 4 members (excludes halogenated alkanes) is 2. The lowest BCUT2D eigenvalue weighted by Gasteiger charge is -2.21. The number of hydrazine groups is 1. The van der Waals surface area contributed by atoms with Gasteiger partial charge in [0.05, 0.1) is 0 Å². The van der Waals surface area contributed by atoms with Crippen LogP contribution in [0.4, 0.5) is 0 Å². The van der Waals surface area contributed by atoms with Crippen molar-refractivity contribution in [3.63, 3.8) is 0 Å². The van der Waals surface area contributed by atoms with E-state index in [1.54, 1.807) is 0 Å². The second kappa shape index (κ2) is 9.01. The molecule has 0 rings (SSSR count). The Hall–Kier alpha value is -0.0800. The Balaban J connectivity index is 3.40. The summed E-state index contributed by atoms with van der Waals surface area (Å²) in [5, 5.41) is 2.35. The molecule has 0 amide bonds. The van der Waals surface area contributed by atoms with Gasteiger partial charge >= 0.3 is 0 Å². The topological polar surface area (TPSA) is 15.3 Å². The smallest absolute Gasteiger partial charge is 0.0130 e. The number of nitrogens with one attached hydrogen (secondary N) is 1. The maximum absolute atomic E-state index is 3.39. The van der Waals surface area contributed by atoms with Crippen molar-refractivity contribution >= 4 is 0 Å². The fourth-order valence-electron chi connectivity index (χ4n) is 1.19. The quantitative estimate of drug-likeness (QED) is 0.566. The van der Waals surface area contributed by atoms with Crippen LogP contribution in [-0.4, -0.2) is 24.6 Å². The van der Waals surface area contributed by atoms with E-state index in [9.17, 15) is 0 Å². The average molecular weight is 172 g/mol. The maximum atomic E-state index is 3.39. The maximum Gasteiger partial charge on any atom is 0.0130 e. The predicted molar refractivity (Wildman–Crippen MR) is 55.1 cm³/mol. The molecule has 0 spiro atoms. The van der Waals surface area contributed by atoms with E-state index in [-0.39, 0.29) is 0 Å². The molecule has 2 heteroatoms. The van der Waals surface area contributed by atoms with E-state index < -0.39 is 0 Å². The molecule has 0 bridgehead atoms. The molecule has 1 N–H and O–H groups in total. The molecule has 0 radical (unpaired) electrons. The fraction of sp³-hybridized carbons (Fsp3) is 1.00. The standard InChI is InChI=1S/C10H24N2/c1-4-7-9-12(11-6-3)10-8-5-2/h11H,4-10H2,1-3H3. The molecule has 0 fully saturated rings. The van der Waals surface area contributed by atoms with Crippen molar-refractivity contribution < 1.29 is 0 Å². The van der Waals surface area contributed by atoms with Gasteiger partial charge < -0.3 is 0 Å². The zero-order chi connectivity index (χ0) is 9.23. The van der Waals surface area contributed by atoms with E-state index in [0.29, 0.717) is 0 Å². The average Bonchev–Trinajstić information content (AvgIpc) is 2.10. The van der Waals surface area contributed by atoms with Gasteiger partial charge in [0.1, 0.15) is 0 Å². The molecule has 0 aliphatic heterocycles. The van der Waals surface area contributed by atoms with Crippen molar-refractivity contribution in [2.24, 2.45) is 0 Å². The molecule has 0 aliphatic carbocycles. The summed E-state index contributed by atoms with van der Waals surface area (Å²) in [5.74, 6) is 0. The summed E-state index contributed by atoms with van der Waals surface area (Å²) >= 11 is 0. The summed E-state index contributed by atoms with van der Waals surface area (Å²) in [7, 11) is 0. The third-order valence-corrected chi connectivity index (χ3v) is 1.94. The number of nitrogens with zero attached hydrogens (tertiary/aromatic N) is 1. The van der Waals surface area contributed by atoms with Crippen molar-refractivity contribution in [2.75, 3.05) is 19.6 Å². The first-order valence-electron chi connectivity index (χ1n) is 5.33. The molecule has 74 valence electrons. The summed E-state index contributed by atoms with van der Waals surface area (Å²) < 4.78 is 0. The SMILES string of the molecule is CCCCN(CCCC)NCC. The second-order valence-electron chi connectivity index (χ2n) is 3.21. The lowest BCUT2D eigenvalue weighted by Crippen LogP contribution is -2.39. The fourth-order valence-corrected chi connectivity index (χ4v) is 1.19. The Morgan fingerprint density at radius 1 is 0.917 bits per heavy atom. The van der Waals surface area contributed by atoms with E-state index >= 15 is 0 Å². The molecular weight excluding hydrogens is 148 g/mol. The second-order valence-corrected chi connectivity index (χ2v) is 3.21. The highest BCUT2D eigenvalue weighted by atomic mass is 15.5. The van der Waals surface area contributed by atoms with E-state index in [1.807, 2.05) is 0 Å². The summed E-state index contributed by atoms with van der Waals surface area (Å²) in [6, 6.07) is 0. The van der Waals surface area contributed by atoms with Crippen LogP contribution in [0.2, 0.25) is 0 Å². The molecule has 0 atom stereocenters. The van der Waals surface area contributed by atoms with Crippen LogP contribution in [0.1, 0.15) is 46.5 Å². The van der Waals surface area contributed by atoms with Gasteiger partial charge in [-0.15, -0.1) is 0 Å². The first-order valence-corrected chi connectivity index (χ1v) is 5.33. The zero-order valence-electron chi connectivity index (χ0n) is 8.90. The highest BCUT2D eigenvalue weighted by Crippen LogP contribution is 1.95. The molecule has 0 aromatic carbocycles. The molecular formula is C10H24N2. The van der Waals surface area contributed by atoms with Gasteiger partial charge in [-0.25, -0.2) is 5.01 Å². The van der Waals surface area contributed by atoms with Gasteiger partial charge in [-0.05, 0) is 12.8 Å². The Labute approximate surface area is 77.3 Å². The monoisotopic (exact) mass is 172 g/mol. The van der Waals surface area contributed by atoms with E-state index in [2.05, 4.69) is 31.2 Å². The Morgan fingerprint density at radius 2 is 1.42 bits per heavy atom. The van der Waals surface area contributed by atoms with Gasteiger partial charge in [0.2, 0.25) is 0 Å². The van der Waals surface area contributed by atoms with Crippen LogP contribution in [0.25, 0.3) is 0 Å². The Bertz CT molecular complexity index is 75.9. The van der Waals surface area contributed by atoms with E-state index in [0.717, 1.165) is 6.54 Å². The van der Waals surface area contributed by atoms with Gasteiger partial charge in [0.15, 0.2) is 0 Å². The summed E-state index contributed by atoms with van der Waals surface area (Å²) in [6.45, 7) is 10.1. The molecule has 2 nitrogen and oxygen atoms in total. The van der Waals surface area contributed by atoms with Gasteiger partial charge in [0, 0.05) is 19.6 Å². The molecule has 0 saturated heterocycles. The van der Waals surface area contributed by atoms with Crippen molar-refractivity contribution in [1.29, 1.82) is 0 Å². The minimum absolute atomic E-state index is 1.05. The van der Waals surface area contributed by atoms with Crippen molar-refractivity contribution in [2.45, 2.75) is 46.5 Å². The van der Waals surface area contributed by atoms with Gasteiger partial charge in [-0.1, -0.05) is 33.6 Å². The van der Waals surface area contributed by atoms with Crippen molar-refractivity contribution in [3.05, 3.63) is 0 Å². The Morgan fingerprint density at radius 3 is 1.75 bits per heavy atom. The van der Waals surface area contributed by atoms with Crippen LogP contribution >= 0.6 is 0 Å². The largest absolute Gasteiger partial charge is 0.255 e. The van der Waals surface area contributed by atoms with Crippen LogP contribution in [0.5, 0.6) is 0 Å². The van der Waals surface area contributed by atoms with Crippen LogP contribution in [0, 0.1) is 0 Å². The third-order valence-electron chi connectivity index (χ3n) is 1.94. The van der Waals surface area contributed by atoms with E-state index in [4.69, 9.17) is 0 Å². The van der Waals surface area contributed by atoms with Crippen molar-refractivity contribution in [3.8, 4) is 0 Å². The predicted octanol–water partition coefficient (Wildman–Crippen LogP) is 2.41. The minimum atomic E-state index is 1.05. The first-order chi connectivity index (χ1) is 5.85. The number of rotatable bonds is 8. The molecule has 0 aromatic heterocycles. The van der Waals surface area contributed by atoms with Crippen LogP contribution in [0.15, 0.2) is 0 Å². The number of hydrogen-bond acceptors (Lipinski definition) is 2. The Kier molecular flexibility index (Phi) is 8.95. The van der Waals surface area contributed by atoms with Crippen LogP contribution in [-0.2, 0) is 0 Å². The lowest BCUT2D eigenvalue weighted by atomic mass is 10.3. The van der Waals surface area contributed by atoms with Crippen LogP contribution in [0.3, 0.4) is 0 Å². The molecule has 0 unspecified atom stereocenters. The van der Waals surface area contributed by atoms with Gasteiger partial charge in [0.25, 0.3) is 0 Å². The normalized spacial score (nSPS) is 11.0. The first kappa shape index (κ1) is 11.9. The summed E-state index contributed by atoms with van der Waals surface area (Å²) in [5.41, 5.74) is 3.39. The number of hydrogen-bond donors (Lipinski definition) is 1. The third kappa shape index (κ3) is 6.62. The van der Waals surface area contributed by atoms with E-state index in [1.165, 1.54) is 38.8 Å². The molecule has 0 aliphatic rings. The highest BCUT2D eigenvalue weighted by molar-refractivity contribution is 4.51. The summed E-state index contributed by atoms with van der Waals surface area (Å²) in [6.07, 6.45) is 5.18.